The van der Waals surface area contributed by atoms with Crippen LogP contribution in [0.15, 0.2) is 60.7 Å². The van der Waals surface area contributed by atoms with E-state index in [0.717, 1.165) is 33.9 Å². The van der Waals surface area contributed by atoms with Gasteiger partial charge in [0.2, 0.25) is 0 Å². The number of carbonyl (C=O) groups is 1. The van der Waals surface area contributed by atoms with Gasteiger partial charge in [-0.2, -0.15) is 0 Å². The highest BCUT2D eigenvalue weighted by molar-refractivity contribution is 7.12. The van der Waals surface area contributed by atoms with Gasteiger partial charge in [-0.05, 0) is 30.7 Å². The van der Waals surface area contributed by atoms with Crippen LogP contribution in [0.25, 0.3) is 17.3 Å². The van der Waals surface area contributed by atoms with Crippen LogP contribution >= 0.6 is 11.3 Å². The quantitative estimate of drug-likeness (QED) is 0.474. The standard InChI is InChI=1S/C20H17NO2S/c1-15-20(17-7-3-2-4-8-17)21-19(24-15)14-23-18-11-9-16(10-12-18)6-5-13-22/h2-13H,14H2,1H3/b6-5+. The molecule has 0 saturated heterocycles. The van der Waals surface area contributed by atoms with Gasteiger partial charge in [-0.1, -0.05) is 48.5 Å². The van der Waals surface area contributed by atoms with Crippen molar-refractivity contribution in [1.82, 2.24) is 4.98 Å². The highest BCUT2D eigenvalue weighted by Crippen LogP contribution is 2.28. The van der Waals surface area contributed by atoms with Crippen molar-refractivity contribution in [2.45, 2.75) is 13.5 Å². The normalized spacial score (nSPS) is 10.9. The lowest BCUT2D eigenvalue weighted by molar-refractivity contribution is -0.104. The van der Waals surface area contributed by atoms with Crippen LogP contribution in [-0.2, 0) is 11.4 Å². The van der Waals surface area contributed by atoms with Crippen LogP contribution < -0.4 is 4.74 Å². The predicted molar refractivity (Wildman–Crippen MR) is 98.2 cm³/mol. The number of hydrogen-bond acceptors (Lipinski definition) is 4. The van der Waals surface area contributed by atoms with Gasteiger partial charge in [0.15, 0.2) is 0 Å². The molecule has 24 heavy (non-hydrogen) atoms. The first-order valence-corrected chi connectivity index (χ1v) is 8.44. The van der Waals surface area contributed by atoms with Gasteiger partial charge in [0.25, 0.3) is 0 Å². The third kappa shape index (κ3) is 3.97. The third-order valence-electron chi connectivity index (χ3n) is 3.50. The number of aryl methyl sites for hydroxylation is 1. The number of thiazole rings is 1. The summed E-state index contributed by atoms with van der Waals surface area (Å²) in [5.74, 6) is 0.785. The van der Waals surface area contributed by atoms with E-state index >= 15 is 0 Å². The minimum Gasteiger partial charge on any atom is -0.486 e. The van der Waals surface area contributed by atoms with Crippen LogP contribution in [0.2, 0.25) is 0 Å². The fourth-order valence-electron chi connectivity index (χ4n) is 2.35. The van der Waals surface area contributed by atoms with Gasteiger partial charge < -0.3 is 4.74 Å². The Bertz CT molecular complexity index is 836. The predicted octanol–water partition coefficient (Wildman–Crippen LogP) is 4.91. The summed E-state index contributed by atoms with van der Waals surface area (Å²) in [6, 6.07) is 17.8. The molecule has 1 aromatic heterocycles. The lowest BCUT2D eigenvalue weighted by Crippen LogP contribution is -1.94. The molecule has 1 heterocycles. The summed E-state index contributed by atoms with van der Waals surface area (Å²) in [6.45, 7) is 2.53. The zero-order valence-corrected chi connectivity index (χ0v) is 14.1. The first-order chi connectivity index (χ1) is 11.8. The Morgan fingerprint density at radius 1 is 1.08 bits per heavy atom. The molecule has 4 heteroatoms. The Morgan fingerprint density at radius 3 is 2.54 bits per heavy atom. The maximum absolute atomic E-state index is 10.3. The van der Waals surface area contributed by atoms with E-state index in [2.05, 4.69) is 19.1 Å². The van der Waals surface area contributed by atoms with Crippen molar-refractivity contribution in [2.75, 3.05) is 0 Å². The van der Waals surface area contributed by atoms with E-state index < -0.39 is 0 Å². The van der Waals surface area contributed by atoms with E-state index in [4.69, 9.17) is 9.72 Å². The lowest BCUT2D eigenvalue weighted by atomic mass is 10.1. The molecule has 0 saturated carbocycles. The first-order valence-electron chi connectivity index (χ1n) is 7.62. The zero-order chi connectivity index (χ0) is 16.8. The Balaban J connectivity index is 1.67. The van der Waals surface area contributed by atoms with E-state index in [9.17, 15) is 4.79 Å². The van der Waals surface area contributed by atoms with Crippen molar-refractivity contribution in [1.29, 1.82) is 0 Å². The maximum Gasteiger partial charge on any atom is 0.142 e. The average Bonchev–Trinajstić information content (AvgIpc) is 3.00. The number of aromatic nitrogens is 1. The monoisotopic (exact) mass is 335 g/mol. The van der Waals surface area contributed by atoms with Gasteiger partial charge in [-0.3, -0.25) is 4.79 Å². The summed E-state index contributed by atoms with van der Waals surface area (Å²) in [5.41, 5.74) is 3.11. The van der Waals surface area contributed by atoms with E-state index in [0.29, 0.717) is 6.61 Å². The molecular weight excluding hydrogens is 318 g/mol. The molecule has 0 fully saturated rings. The molecule has 0 aliphatic rings. The molecule has 0 aliphatic heterocycles. The topological polar surface area (TPSA) is 39.2 Å². The third-order valence-corrected chi connectivity index (χ3v) is 4.44. The summed E-state index contributed by atoms with van der Waals surface area (Å²) in [6.07, 6.45) is 3.99. The highest BCUT2D eigenvalue weighted by atomic mass is 32.1. The van der Waals surface area contributed by atoms with E-state index in [1.165, 1.54) is 11.0 Å². The molecule has 0 amide bonds. The average molecular weight is 335 g/mol. The van der Waals surface area contributed by atoms with Gasteiger partial charge in [0, 0.05) is 10.4 Å². The molecule has 0 unspecified atom stereocenters. The summed E-state index contributed by atoms with van der Waals surface area (Å²) >= 11 is 1.66. The minimum absolute atomic E-state index is 0.446. The first kappa shape index (κ1) is 16.1. The van der Waals surface area contributed by atoms with Crippen molar-refractivity contribution in [3.05, 3.63) is 76.1 Å². The Labute approximate surface area is 145 Å². The van der Waals surface area contributed by atoms with Gasteiger partial charge in [0.1, 0.15) is 23.7 Å². The molecular formula is C20H17NO2S. The van der Waals surface area contributed by atoms with Crippen molar-refractivity contribution in [2.24, 2.45) is 0 Å². The summed E-state index contributed by atoms with van der Waals surface area (Å²) < 4.78 is 5.81. The molecule has 0 bridgehead atoms. The molecule has 2 aromatic carbocycles. The molecule has 120 valence electrons. The second-order valence-corrected chi connectivity index (χ2v) is 6.52. The van der Waals surface area contributed by atoms with Gasteiger partial charge in [0.05, 0.1) is 5.69 Å². The van der Waals surface area contributed by atoms with Crippen LogP contribution in [0.4, 0.5) is 0 Å². The molecule has 0 radical (unpaired) electrons. The number of benzene rings is 2. The highest BCUT2D eigenvalue weighted by Gasteiger charge is 2.10. The molecule has 3 nitrogen and oxygen atoms in total. The molecule has 3 aromatic rings. The van der Waals surface area contributed by atoms with E-state index in [1.54, 1.807) is 17.4 Å². The number of hydrogen-bond donors (Lipinski definition) is 0. The minimum atomic E-state index is 0.446. The van der Waals surface area contributed by atoms with Crippen LogP contribution in [-0.4, -0.2) is 11.3 Å². The van der Waals surface area contributed by atoms with Gasteiger partial charge in [-0.15, -0.1) is 11.3 Å². The SMILES string of the molecule is Cc1sc(COc2ccc(/C=C/C=O)cc2)nc1-c1ccccc1. The summed E-state index contributed by atoms with van der Waals surface area (Å²) in [5, 5.41) is 0.955. The molecule has 0 aliphatic carbocycles. The number of nitrogens with zero attached hydrogens (tertiary/aromatic N) is 1. The summed E-state index contributed by atoms with van der Waals surface area (Å²) in [4.78, 5) is 16.2. The Kier molecular flexibility index (Phi) is 5.18. The zero-order valence-electron chi connectivity index (χ0n) is 13.3. The molecule has 0 N–H and O–H groups in total. The number of ether oxygens (including phenoxy) is 1. The fraction of sp³-hybridized carbons (Fsp3) is 0.100. The molecule has 3 rings (SSSR count). The molecule has 0 spiro atoms. The maximum atomic E-state index is 10.3. The van der Waals surface area contributed by atoms with E-state index in [-0.39, 0.29) is 0 Å². The number of carbonyl (C=O) groups excluding carboxylic acids is 1. The Morgan fingerprint density at radius 2 is 1.83 bits per heavy atom. The van der Waals surface area contributed by atoms with Crippen molar-refractivity contribution >= 4 is 23.7 Å². The van der Waals surface area contributed by atoms with Crippen LogP contribution in [0.5, 0.6) is 5.75 Å². The van der Waals surface area contributed by atoms with Crippen molar-refractivity contribution in [3.63, 3.8) is 0 Å². The van der Waals surface area contributed by atoms with Gasteiger partial charge in [-0.25, -0.2) is 4.98 Å². The van der Waals surface area contributed by atoms with Crippen LogP contribution in [0.3, 0.4) is 0 Å². The molecule has 0 atom stereocenters. The van der Waals surface area contributed by atoms with Crippen molar-refractivity contribution < 1.29 is 9.53 Å². The van der Waals surface area contributed by atoms with Crippen molar-refractivity contribution in [3.8, 4) is 17.0 Å². The second kappa shape index (κ2) is 7.70. The van der Waals surface area contributed by atoms with Gasteiger partial charge >= 0.3 is 0 Å². The van der Waals surface area contributed by atoms with E-state index in [1.807, 2.05) is 42.5 Å². The fourth-order valence-corrected chi connectivity index (χ4v) is 3.22. The van der Waals surface area contributed by atoms with Crippen LogP contribution in [0, 0.1) is 6.92 Å². The largest absolute Gasteiger partial charge is 0.486 e. The summed E-state index contributed by atoms with van der Waals surface area (Å²) in [7, 11) is 0. The smallest absolute Gasteiger partial charge is 0.142 e. The number of allylic oxidation sites excluding steroid dienone is 1. The second-order valence-electron chi connectivity index (χ2n) is 5.23. The number of aldehydes is 1. The number of rotatable bonds is 6. The Hall–Kier alpha value is -2.72. The van der Waals surface area contributed by atoms with Crippen LogP contribution in [0.1, 0.15) is 15.4 Å². The lowest BCUT2D eigenvalue weighted by Gasteiger charge is -2.04.